The van der Waals surface area contributed by atoms with Gasteiger partial charge in [0.1, 0.15) is 0 Å². The lowest BCUT2D eigenvalue weighted by Gasteiger charge is -2.40. The summed E-state index contributed by atoms with van der Waals surface area (Å²) in [6, 6.07) is 9.78. The summed E-state index contributed by atoms with van der Waals surface area (Å²) in [5.41, 5.74) is 3.22. The second kappa shape index (κ2) is 6.83. The molecule has 2 heterocycles. The van der Waals surface area contributed by atoms with Gasteiger partial charge in [-0.2, -0.15) is 5.26 Å². The van der Waals surface area contributed by atoms with E-state index in [9.17, 15) is 5.26 Å². The number of benzene rings is 1. The summed E-state index contributed by atoms with van der Waals surface area (Å²) in [7, 11) is 0. The van der Waals surface area contributed by atoms with Gasteiger partial charge in [0.2, 0.25) is 11.8 Å². The van der Waals surface area contributed by atoms with Crippen LogP contribution in [0.2, 0.25) is 0 Å². The number of piperidine rings is 1. The van der Waals surface area contributed by atoms with Gasteiger partial charge in [-0.15, -0.1) is 4.99 Å². The molecular weight excluding hydrogens is 334 g/mol. The van der Waals surface area contributed by atoms with Crippen LogP contribution in [-0.2, 0) is 6.54 Å². The Morgan fingerprint density at radius 2 is 1.85 bits per heavy atom. The van der Waals surface area contributed by atoms with E-state index >= 15 is 0 Å². The Kier molecular flexibility index (Phi) is 4.32. The van der Waals surface area contributed by atoms with Crippen LogP contribution in [0.25, 0.3) is 11.0 Å². The van der Waals surface area contributed by atoms with E-state index in [1.807, 2.05) is 6.19 Å². The molecule has 0 radical (unpaired) electrons. The summed E-state index contributed by atoms with van der Waals surface area (Å²) in [6.07, 6.45) is 10.2. The van der Waals surface area contributed by atoms with Gasteiger partial charge in [0.15, 0.2) is 0 Å². The molecule has 2 bridgehead atoms. The lowest BCUT2D eigenvalue weighted by atomic mass is 9.91. The molecule has 3 unspecified atom stereocenters. The summed E-state index contributed by atoms with van der Waals surface area (Å²) >= 11 is 0. The van der Waals surface area contributed by atoms with Gasteiger partial charge >= 0.3 is 0 Å². The molecule has 2 saturated carbocycles. The minimum atomic E-state index is 0.435. The minimum Gasteiger partial charge on any atom is -0.310 e. The molecule has 5 heteroatoms. The standard InChI is InChI=1S/C22H29N5/c1-2-26-19-5-3-4-6-20(19)27(22(26)24-15-23)18-9-11-25(12-10-18)21-14-16-7-8-17(21)13-16/h3-6,16-18,21H,2,7-14H2,1H3. The van der Waals surface area contributed by atoms with Crippen molar-refractivity contribution in [3.05, 3.63) is 29.9 Å². The summed E-state index contributed by atoms with van der Waals surface area (Å²) in [5.74, 6) is 1.97. The maximum absolute atomic E-state index is 9.28. The Balaban J connectivity index is 1.44. The summed E-state index contributed by atoms with van der Waals surface area (Å²) in [6.45, 7) is 5.33. The molecule has 1 saturated heterocycles. The van der Waals surface area contributed by atoms with E-state index in [1.54, 1.807) is 0 Å². The SMILES string of the molecule is CCn1c(=NC#N)n(C2CCN(C3CC4CCC3C4)CC2)c2ccccc21. The van der Waals surface area contributed by atoms with Crippen molar-refractivity contribution in [2.45, 2.75) is 64.1 Å². The molecule has 5 nitrogen and oxygen atoms in total. The highest BCUT2D eigenvalue weighted by Gasteiger charge is 2.43. The van der Waals surface area contributed by atoms with E-state index in [-0.39, 0.29) is 0 Å². The summed E-state index contributed by atoms with van der Waals surface area (Å²) in [4.78, 5) is 7.01. The van der Waals surface area contributed by atoms with Gasteiger partial charge in [0, 0.05) is 31.7 Å². The Bertz CT molecular complexity index is 938. The average molecular weight is 364 g/mol. The van der Waals surface area contributed by atoms with Gasteiger partial charge in [0.25, 0.3) is 0 Å². The van der Waals surface area contributed by atoms with E-state index in [0.717, 1.165) is 42.9 Å². The second-order valence-corrected chi connectivity index (χ2v) is 8.62. The van der Waals surface area contributed by atoms with E-state index in [4.69, 9.17) is 0 Å². The first-order valence-electron chi connectivity index (χ1n) is 10.7. The summed E-state index contributed by atoms with van der Waals surface area (Å²) in [5, 5.41) is 9.28. The van der Waals surface area contributed by atoms with Crippen LogP contribution in [0.5, 0.6) is 0 Å². The zero-order valence-electron chi connectivity index (χ0n) is 16.2. The Hall–Kier alpha value is -2.06. The van der Waals surface area contributed by atoms with Crippen molar-refractivity contribution in [3.63, 3.8) is 0 Å². The maximum atomic E-state index is 9.28. The number of hydrogen-bond donors (Lipinski definition) is 0. The van der Waals surface area contributed by atoms with Crippen molar-refractivity contribution < 1.29 is 0 Å². The summed E-state index contributed by atoms with van der Waals surface area (Å²) < 4.78 is 4.53. The van der Waals surface area contributed by atoms with Crippen LogP contribution >= 0.6 is 0 Å². The molecule has 2 aromatic rings. The Morgan fingerprint density at radius 3 is 2.48 bits per heavy atom. The van der Waals surface area contributed by atoms with Crippen LogP contribution in [0.4, 0.5) is 0 Å². The first-order valence-corrected chi connectivity index (χ1v) is 10.7. The number of nitrogens with zero attached hydrogens (tertiary/aromatic N) is 5. The molecule has 3 aliphatic rings. The smallest absolute Gasteiger partial charge is 0.221 e. The van der Waals surface area contributed by atoms with E-state index in [0.29, 0.717) is 6.04 Å². The Morgan fingerprint density at radius 1 is 1.07 bits per heavy atom. The van der Waals surface area contributed by atoms with Gasteiger partial charge in [-0.3, -0.25) is 4.90 Å². The first-order chi connectivity index (χ1) is 13.3. The van der Waals surface area contributed by atoms with Crippen molar-refractivity contribution >= 4 is 11.0 Å². The first kappa shape index (κ1) is 17.1. The molecule has 0 amide bonds. The number of likely N-dealkylation sites (tertiary alicyclic amines) is 1. The molecule has 142 valence electrons. The van der Waals surface area contributed by atoms with E-state index in [1.165, 1.54) is 49.8 Å². The highest BCUT2D eigenvalue weighted by molar-refractivity contribution is 5.76. The lowest BCUT2D eigenvalue weighted by Crippen LogP contribution is -2.45. The van der Waals surface area contributed by atoms with Crippen molar-refractivity contribution in [1.29, 1.82) is 5.26 Å². The molecule has 1 aromatic carbocycles. The van der Waals surface area contributed by atoms with Crippen molar-refractivity contribution in [3.8, 4) is 6.19 Å². The number of aromatic nitrogens is 2. The highest BCUT2D eigenvalue weighted by atomic mass is 15.2. The van der Waals surface area contributed by atoms with Gasteiger partial charge in [0.05, 0.1) is 11.0 Å². The fraction of sp³-hybridized carbons (Fsp3) is 0.636. The van der Waals surface area contributed by atoms with Gasteiger partial charge in [-0.1, -0.05) is 18.6 Å². The molecule has 27 heavy (non-hydrogen) atoms. The van der Waals surface area contributed by atoms with E-state index in [2.05, 4.69) is 50.2 Å². The van der Waals surface area contributed by atoms with Gasteiger partial charge in [-0.05, 0) is 63.0 Å². The van der Waals surface area contributed by atoms with E-state index < -0.39 is 0 Å². The van der Waals surface area contributed by atoms with Crippen molar-refractivity contribution in [2.75, 3.05) is 13.1 Å². The minimum absolute atomic E-state index is 0.435. The third-order valence-electron chi connectivity index (χ3n) is 7.39. The molecule has 1 aromatic heterocycles. The zero-order valence-corrected chi connectivity index (χ0v) is 16.2. The van der Waals surface area contributed by atoms with Crippen LogP contribution in [0.15, 0.2) is 29.3 Å². The van der Waals surface area contributed by atoms with Crippen LogP contribution in [0.3, 0.4) is 0 Å². The number of para-hydroxylation sites is 2. The number of fused-ring (bicyclic) bond motifs is 3. The van der Waals surface area contributed by atoms with Gasteiger partial charge < -0.3 is 9.13 Å². The van der Waals surface area contributed by atoms with Crippen LogP contribution in [-0.4, -0.2) is 33.2 Å². The molecule has 5 rings (SSSR count). The number of rotatable bonds is 3. The molecule has 3 fully saturated rings. The average Bonchev–Trinajstić information content (AvgIpc) is 3.41. The van der Waals surface area contributed by atoms with Crippen LogP contribution < -0.4 is 5.62 Å². The predicted molar refractivity (Wildman–Crippen MR) is 106 cm³/mol. The third-order valence-corrected chi connectivity index (χ3v) is 7.39. The molecule has 1 aliphatic heterocycles. The maximum Gasteiger partial charge on any atom is 0.221 e. The molecule has 2 aliphatic carbocycles. The normalized spacial score (nSPS) is 29.6. The van der Waals surface area contributed by atoms with Crippen LogP contribution in [0.1, 0.15) is 51.5 Å². The largest absolute Gasteiger partial charge is 0.310 e. The number of aryl methyl sites for hydroxylation is 1. The topological polar surface area (TPSA) is 49.2 Å². The third kappa shape index (κ3) is 2.73. The predicted octanol–water partition coefficient (Wildman–Crippen LogP) is 3.67. The lowest BCUT2D eigenvalue weighted by molar-refractivity contribution is 0.0985. The van der Waals surface area contributed by atoms with Crippen LogP contribution in [0, 0.1) is 23.3 Å². The quantitative estimate of drug-likeness (QED) is 0.781. The fourth-order valence-electron chi connectivity index (χ4n) is 6.21. The molecule has 0 spiro atoms. The highest BCUT2D eigenvalue weighted by Crippen LogP contribution is 2.47. The molecular formula is C22H29N5. The van der Waals surface area contributed by atoms with Gasteiger partial charge in [-0.25, -0.2) is 0 Å². The second-order valence-electron chi connectivity index (χ2n) is 8.62. The zero-order chi connectivity index (χ0) is 18.4. The van der Waals surface area contributed by atoms with Crippen molar-refractivity contribution in [1.82, 2.24) is 14.0 Å². The number of imidazole rings is 1. The van der Waals surface area contributed by atoms with Crippen molar-refractivity contribution in [2.24, 2.45) is 16.8 Å². The monoisotopic (exact) mass is 363 g/mol. The number of nitriles is 1. The number of hydrogen-bond acceptors (Lipinski definition) is 3. The Labute approximate surface area is 160 Å². The molecule has 3 atom stereocenters. The fourth-order valence-corrected chi connectivity index (χ4v) is 6.21. The molecule has 0 N–H and O–H groups in total.